The molecular weight excluding hydrogens is 322 g/mol. The molecule has 1 N–H and O–H groups in total. The highest BCUT2D eigenvalue weighted by Crippen LogP contribution is 2.27. The van der Waals surface area contributed by atoms with E-state index in [1.165, 1.54) is 12.8 Å². The SMILES string of the molecule is COc1ccc(COC[C@@H](C#CC2CC2)N[S+]([O-])C(C)(C)C)cc1. The molecule has 4 nitrogen and oxygen atoms in total. The highest BCUT2D eigenvalue weighted by molar-refractivity contribution is 7.90. The Morgan fingerprint density at radius 1 is 1.29 bits per heavy atom. The Morgan fingerprint density at radius 3 is 2.50 bits per heavy atom. The van der Waals surface area contributed by atoms with Gasteiger partial charge in [-0.3, -0.25) is 0 Å². The van der Waals surface area contributed by atoms with Crippen molar-refractivity contribution in [1.82, 2.24) is 4.72 Å². The minimum Gasteiger partial charge on any atom is -0.598 e. The van der Waals surface area contributed by atoms with E-state index in [-0.39, 0.29) is 10.8 Å². The van der Waals surface area contributed by atoms with E-state index in [1.54, 1.807) is 7.11 Å². The fourth-order valence-corrected chi connectivity index (χ4v) is 2.61. The lowest BCUT2D eigenvalue weighted by Gasteiger charge is -2.26. The number of ether oxygens (including phenoxy) is 2. The molecule has 2 rings (SSSR count). The first-order valence-corrected chi connectivity index (χ1v) is 9.43. The molecule has 1 aliphatic carbocycles. The normalized spacial score (nSPS) is 16.9. The van der Waals surface area contributed by atoms with Crippen molar-refractivity contribution < 1.29 is 14.0 Å². The highest BCUT2D eigenvalue weighted by Gasteiger charge is 2.29. The molecule has 2 atom stereocenters. The maximum absolute atomic E-state index is 12.3. The van der Waals surface area contributed by atoms with Crippen molar-refractivity contribution in [3.05, 3.63) is 29.8 Å². The molecule has 1 aromatic carbocycles. The molecular formula is C19H27NO3S. The molecule has 1 saturated carbocycles. The van der Waals surface area contributed by atoms with Crippen molar-refractivity contribution >= 4 is 11.4 Å². The first-order valence-electron chi connectivity index (χ1n) is 8.28. The summed E-state index contributed by atoms with van der Waals surface area (Å²) < 4.78 is 26.0. The van der Waals surface area contributed by atoms with Crippen LogP contribution >= 0.6 is 0 Å². The molecule has 1 fully saturated rings. The summed E-state index contributed by atoms with van der Waals surface area (Å²) in [7, 11) is 1.65. The third-order valence-electron chi connectivity index (χ3n) is 3.56. The first kappa shape index (κ1) is 19.1. The van der Waals surface area contributed by atoms with Gasteiger partial charge in [-0.2, -0.15) is 0 Å². The molecule has 0 saturated heterocycles. The first-order chi connectivity index (χ1) is 11.4. The molecule has 0 aliphatic heterocycles. The summed E-state index contributed by atoms with van der Waals surface area (Å²) in [5.41, 5.74) is 1.07. The van der Waals surface area contributed by atoms with Gasteiger partial charge in [-0.15, -0.1) is 4.72 Å². The third kappa shape index (κ3) is 6.74. The third-order valence-corrected chi connectivity index (χ3v) is 5.17. The van der Waals surface area contributed by atoms with Gasteiger partial charge in [0.15, 0.2) is 0 Å². The Bertz CT molecular complexity index is 567. The number of hydrogen-bond acceptors (Lipinski definition) is 4. The molecule has 24 heavy (non-hydrogen) atoms. The summed E-state index contributed by atoms with van der Waals surface area (Å²) in [6.07, 6.45) is 2.35. The average Bonchev–Trinajstić information content (AvgIpc) is 3.36. The monoisotopic (exact) mass is 349 g/mol. The van der Waals surface area contributed by atoms with E-state index in [2.05, 4.69) is 16.6 Å². The van der Waals surface area contributed by atoms with Gasteiger partial charge in [0.1, 0.15) is 16.5 Å². The van der Waals surface area contributed by atoms with Gasteiger partial charge in [0.2, 0.25) is 0 Å². The Kier molecular flexibility index (Phi) is 7.00. The van der Waals surface area contributed by atoms with Crippen LogP contribution in [0, 0.1) is 17.8 Å². The lowest BCUT2D eigenvalue weighted by molar-refractivity contribution is 0.115. The van der Waals surface area contributed by atoms with Crippen LogP contribution in [0.4, 0.5) is 0 Å². The zero-order chi connectivity index (χ0) is 17.6. The number of hydrogen-bond donors (Lipinski definition) is 1. The second-order valence-electron chi connectivity index (χ2n) is 6.98. The van der Waals surface area contributed by atoms with Crippen LogP contribution < -0.4 is 9.46 Å². The van der Waals surface area contributed by atoms with Crippen molar-refractivity contribution in [2.45, 2.75) is 51.0 Å². The molecule has 0 aromatic heterocycles. The van der Waals surface area contributed by atoms with Crippen molar-refractivity contribution in [3.63, 3.8) is 0 Å². The second-order valence-corrected chi connectivity index (χ2v) is 8.98. The quantitative estimate of drug-likeness (QED) is 0.607. The van der Waals surface area contributed by atoms with Gasteiger partial charge in [0.05, 0.1) is 20.3 Å². The summed E-state index contributed by atoms with van der Waals surface area (Å²) in [6, 6.07) is 7.56. The van der Waals surface area contributed by atoms with Crippen molar-refractivity contribution in [2.24, 2.45) is 5.92 Å². The number of rotatable bonds is 7. The van der Waals surface area contributed by atoms with E-state index in [0.29, 0.717) is 19.1 Å². The average molecular weight is 349 g/mol. The molecule has 1 unspecified atom stereocenters. The minimum atomic E-state index is -1.16. The zero-order valence-electron chi connectivity index (χ0n) is 14.9. The van der Waals surface area contributed by atoms with E-state index in [9.17, 15) is 4.55 Å². The Hall–Kier alpha value is -1.19. The van der Waals surface area contributed by atoms with Crippen LogP contribution in [-0.4, -0.2) is 29.1 Å². The lowest BCUT2D eigenvalue weighted by Crippen LogP contribution is -2.45. The highest BCUT2D eigenvalue weighted by atomic mass is 32.2. The minimum absolute atomic E-state index is 0.219. The maximum atomic E-state index is 12.3. The summed E-state index contributed by atoms with van der Waals surface area (Å²) in [5, 5.41) is 0. The second kappa shape index (κ2) is 8.77. The summed E-state index contributed by atoms with van der Waals surface area (Å²) in [4.78, 5) is 0. The van der Waals surface area contributed by atoms with Gasteiger partial charge < -0.3 is 14.0 Å². The Morgan fingerprint density at radius 2 is 1.96 bits per heavy atom. The van der Waals surface area contributed by atoms with Gasteiger partial charge in [-0.1, -0.05) is 24.0 Å². The molecule has 1 aromatic rings. The fourth-order valence-electron chi connectivity index (χ4n) is 1.87. The van der Waals surface area contributed by atoms with E-state index in [0.717, 1.165) is 11.3 Å². The van der Waals surface area contributed by atoms with Crippen LogP contribution in [0.25, 0.3) is 0 Å². The van der Waals surface area contributed by atoms with Crippen LogP contribution in [0.15, 0.2) is 24.3 Å². The standard InChI is InChI=1S/C19H27NO3S/c1-19(2,3)24(21)20-17(10-7-15-5-6-15)14-23-13-16-8-11-18(22-4)12-9-16/h8-9,11-12,15,17,20H,5-6,13-14H2,1-4H3/t17-,24?/m1/s1. The van der Waals surface area contributed by atoms with E-state index in [1.807, 2.05) is 45.0 Å². The molecule has 0 radical (unpaired) electrons. The van der Waals surface area contributed by atoms with Crippen LogP contribution in [0.2, 0.25) is 0 Å². The van der Waals surface area contributed by atoms with Crippen molar-refractivity contribution in [1.29, 1.82) is 0 Å². The summed E-state index contributed by atoms with van der Waals surface area (Å²) >= 11 is -1.16. The fraction of sp³-hybridized carbons (Fsp3) is 0.579. The number of benzene rings is 1. The number of methoxy groups -OCH3 is 1. The van der Waals surface area contributed by atoms with E-state index >= 15 is 0 Å². The lowest BCUT2D eigenvalue weighted by atomic mass is 10.2. The van der Waals surface area contributed by atoms with E-state index in [4.69, 9.17) is 9.47 Å². The predicted octanol–water partition coefficient (Wildman–Crippen LogP) is 3.05. The molecule has 0 spiro atoms. The molecule has 5 heteroatoms. The molecule has 0 bridgehead atoms. The Balaban J connectivity index is 1.86. The van der Waals surface area contributed by atoms with E-state index < -0.39 is 11.4 Å². The van der Waals surface area contributed by atoms with Gasteiger partial charge in [0.25, 0.3) is 0 Å². The van der Waals surface area contributed by atoms with Gasteiger partial charge >= 0.3 is 0 Å². The molecule has 1 aliphatic rings. The van der Waals surface area contributed by atoms with Gasteiger partial charge in [-0.25, -0.2) is 0 Å². The predicted molar refractivity (Wildman–Crippen MR) is 98.0 cm³/mol. The zero-order valence-corrected chi connectivity index (χ0v) is 15.7. The smallest absolute Gasteiger partial charge is 0.136 e. The summed E-state index contributed by atoms with van der Waals surface area (Å²) in [6.45, 7) is 6.74. The molecule has 132 valence electrons. The molecule has 0 amide bonds. The molecule has 0 heterocycles. The largest absolute Gasteiger partial charge is 0.598 e. The number of nitrogens with one attached hydrogen (secondary N) is 1. The Labute approximate surface area is 148 Å². The van der Waals surface area contributed by atoms with Crippen molar-refractivity contribution in [2.75, 3.05) is 13.7 Å². The van der Waals surface area contributed by atoms with Gasteiger partial charge in [0, 0.05) is 17.3 Å². The van der Waals surface area contributed by atoms with Crippen molar-refractivity contribution in [3.8, 4) is 17.6 Å². The van der Waals surface area contributed by atoms with Crippen LogP contribution in [0.1, 0.15) is 39.2 Å². The van der Waals surface area contributed by atoms with Crippen LogP contribution in [0.3, 0.4) is 0 Å². The van der Waals surface area contributed by atoms with Gasteiger partial charge in [-0.05, 0) is 51.3 Å². The topological polar surface area (TPSA) is 53.5 Å². The summed E-state index contributed by atoms with van der Waals surface area (Å²) in [5.74, 6) is 7.76. The van der Waals surface area contributed by atoms with Crippen LogP contribution in [-0.2, 0) is 22.7 Å². The van der Waals surface area contributed by atoms with Crippen LogP contribution in [0.5, 0.6) is 5.75 Å². The maximum Gasteiger partial charge on any atom is 0.136 e.